The molecule has 0 saturated heterocycles. The summed E-state index contributed by atoms with van der Waals surface area (Å²) in [6.07, 6.45) is 4.47. The second-order valence-corrected chi connectivity index (χ2v) is 4.67. The molecule has 2 nitrogen and oxygen atoms in total. The summed E-state index contributed by atoms with van der Waals surface area (Å²) in [5.41, 5.74) is 0. The van der Waals surface area contributed by atoms with Crippen LogP contribution < -0.4 is 0 Å². The number of carbonyl (C=O) groups excluding carboxylic acids is 1. The van der Waals surface area contributed by atoms with Gasteiger partial charge in [0.25, 0.3) is 0 Å². The monoisotopic (exact) mass is 202 g/mol. The van der Waals surface area contributed by atoms with Crippen molar-refractivity contribution in [3.8, 4) is 0 Å². The SMILES string of the molecule is COC(=O)C1CC2CCCC1C2Cl. The number of methoxy groups -OCH3 is 1. The molecular formula is C10H15ClO2. The number of fused-ring (bicyclic) bond motifs is 2. The van der Waals surface area contributed by atoms with Crippen molar-refractivity contribution in [1.29, 1.82) is 0 Å². The van der Waals surface area contributed by atoms with Crippen LogP contribution in [0.4, 0.5) is 0 Å². The first-order chi connectivity index (χ1) is 6.24. The third-order valence-electron chi connectivity index (χ3n) is 3.55. The quantitative estimate of drug-likeness (QED) is 0.482. The Hall–Kier alpha value is -0.240. The number of alkyl halides is 1. The van der Waals surface area contributed by atoms with E-state index in [9.17, 15) is 4.79 Å². The van der Waals surface area contributed by atoms with Crippen LogP contribution in [0.3, 0.4) is 0 Å². The molecule has 4 unspecified atom stereocenters. The smallest absolute Gasteiger partial charge is 0.308 e. The zero-order valence-electron chi connectivity index (χ0n) is 7.83. The molecule has 0 amide bonds. The van der Waals surface area contributed by atoms with Gasteiger partial charge in [-0.05, 0) is 31.1 Å². The van der Waals surface area contributed by atoms with Crippen molar-refractivity contribution in [2.45, 2.75) is 31.1 Å². The van der Waals surface area contributed by atoms with E-state index in [-0.39, 0.29) is 17.3 Å². The first-order valence-corrected chi connectivity index (χ1v) is 5.39. The van der Waals surface area contributed by atoms with Crippen LogP contribution in [0.2, 0.25) is 0 Å². The summed E-state index contributed by atoms with van der Waals surface area (Å²) in [5, 5.41) is 0.220. The number of esters is 1. The predicted molar refractivity (Wildman–Crippen MR) is 50.6 cm³/mol. The minimum absolute atomic E-state index is 0.0555. The first kappa shape index (κ1) is 9.32. The van der Waals surface area contributed by atoms with Crippen molar-refractivity contribution in [1.82, 2.24) is 0 Å². The standard InChI is InChI=1S/C10H15ClO2/c1-13-10(12)8-5-6-3-2-4-7(8)9(6)11/h6-9H,2-5H2,1H3. The van der Waals surface area contributed by atoms with Crippen LogP contribution in [0.5, 0.6) is 0 Å². The van der Waals surface area contributed by atoms with Gasteiger partial charge in [0, 0.05) is 5.38 Å². The maximum atomic E-state index is 11.4. The summed E-state index contributed by atoms with van der Waals surface area (Å²) in [7, 11) is 1.47. The minimum atomic E-state index is -0.0555. The van der Waals surface area contributed by atoms with Crippen LogP contribution in [-0.4, -0.2) is 18.5 Å². The number of hydrogen-bond donors (Lipinski definition) is 0. The second kappa shape index (κ2) is 3.49. The normalized spacial score (nSPS) is 43.2. The fraction of sp³-hybridized carbons (Fsp3) is 0.900. The van der Waals surface area contributed by atoms with Gasteiger partial charge in [0.2, 0.25) is 0 Å². The summed E-state index contributed by atoms with van der Waals surface area (Å²) in [4.78, 5) is 11.4. The molecule has 0 aliphatic heterocycles. The first-order valence-electron chi connectivity index (χ1n) is 4.96. The summed E-state index contributed by atoms with van der Waals surface area (Å²) in [5.74, 6) is 0.970. The second-order valence-electron chi connectivity index (χ2n) is 4.16. The molecule has 2 rings (SSSR count). The van der Waals surface area contributed by atoms with E-state index in [0.29, 0.717) is 11.8 Å². The van der Waals surface area contributed by atoms with Gasteiger partial charge >= 0.3 is 5.97 Å². The molecule has 0 aromatic carbocycles. The minimum Gasteiger partial charge on any atom is -0.469 e. The van der Waals surface area contributed by atoms with Crippen molar-refractivity contribution in [3.05, 3.63) is 0 Å². The highest BCUT2D eigenvalue weighted by molar-refractivity contribution is 6.21. The fourth-order valence-electron chi connectivity index (χ4n) is 2.88. The van der Waals surface area contributed by atoms with Crippen molar-refractivity contribution in [2.75, 3.05) is 7.11 Å². The van der Waals surface area contributed by atoms with Gasteiger partial charge in [-0.1, -0.05) is 6.42 Å². The third kappa shape index (κ3) is 1.45. The molecule has 0 aromatic heterocycles. The maximum absolute atomic E-state index is 11.4. The largest absolute Gasteiger partial charge is 0.469 e. The van der Waals surface area contributed by atoms with Crippen LogP contribution in [0.15, 0.2) is 0 Å². The third-order valence-corrected chi connectivity index (χ3v) is 4.23. The van der Waals surface area contributed by atoms with Crippen LogP contribution in [-0.2, 0) is 9.53 Å². The molecule has 74 valence electrons. The van der Waals surface area contributed by atoms with Gasteiger partial charge in [0.1, 0.15) is 0 Å². The number of rotatable bonds is 1. The van der Waals surface area contributed by atoms with Gasteiger partial charge in [0.05, 0.1) is 13.0 Å². The van der Waals surface area contributed by atoms with Gasteiger partial charge in [-0.15, -0.1) is 11.6 Å². The van der Waals surface area contributed by atoms with E-state index in [1.807, 2.05) is 0 Å². The van der Waals surface area contributed by atoms with Crippen LogP contribution >= 0.6 is 11.6 Å². The Morgan fingerprint density at radius 2 is 2.23 bits per heavy atom. The Morgan fingerprint density at radius 1 is 1.46 bits per heavy atom. The molecule has 4 atom stereocenters. The lowest BCUT2D eigenvalue weighted by molar-refractivity contribution is -0.146. The topological polar surface area (TPSA) is 26.3 Å². The number of carbonyl (C=O) groups is 1. The number of halogens is 1. The van der Waals surface area contributed by atoms with Gasteiger partial charge in [-0.3, -0.25) is 4.79 Å². The Balaban J connectivity index is 2.11. The van der Waals surface area contributed by atoms with E-state index >= 15 is 0 Å². The number of hydrogen-bond acceptors (Lipinski definition) is 2. The van der Waals surface area contributed by atoms with Crippen LogP contribution in [0.25, 0.3) is 0 Å². The molecular weight excluding hydrogens is 188 g/mol. The fourth-order valence-corrected chi connectivity index (χ4v) is 3.41. The van der Waals surface area contributed by atoms with Crippen LogP contribution in [0, 0.1) is 17.8 Å². The molecule has 2 bridgehead atoms. The lowest BCUT2D eigenvalue weighted by Gasteiger charge is -2.25. The highest BCUT2D eigenvalue weighted by Gasteiger charge is 2.47. The molecule has 2 aliphatic carbocycles. The Bertz CT molecular complexity index is 217. The highest BCUT2D eigenvalue weighted by Crippen LogP contribution is 2.49. The number of ether oxygens (including phenoxy) is 1. The summed E-state index contributed by atoms with van der Waals surface area (Å²) < 4.78 is 4.79. The Kier molecular flexibility index (Phi) is 2.50. The van der Waals surface area contributed by atoms with Gasteiger partial charge < -0.3 is 4.74 Å². The van der Waals surface area contributed by atoms with E-state index in [0.717, 1.165) is 12.8 Å². The zero-order chi connectivity index (χ0) is 9.42. The maximum Gasteiger partial charge on any atom is 0.308 e. The molecule has 3 heteroatoms. The summed E-state index contributed by atoms with van der Waals surface area (Å²) in [6.45, 7) is 0. The summed E-state index contributed by atoms with van der Waals surface area (Å²) in [6, 6.07) is 0. The molecule has 0 radical (unpaired) electrons. The molecule has 0 N–H and O–H groups in total. The lowest BCUT2D eigenvalue weighted by atomic mass is 9.86. The lowest BCUT2D eigenvalue weighted by Crippen LogP contribution is -2.26. The predicted octanol–water partition coefficient (Wildman–Crippen LogP) is 2.20. The van der Waals surface area contributed by atoms with E-state index in [1.165, 1.54) is 20.0 Å². The Morgan fingerprint density at radius 3 is 2.85 bits per heavy atom. The van der Waals surface area contributed by atoms with Crippen molar-refractivity contribution in [2.24, 2.45) is 17.8 Å². The van der Waals surface area contributed by atoms with E-state index in [1.54, 1.807) is 0 Å². The van der Waals surface area contributed by atoms with Gasteiger partial charge in [-0.25, -0.2) is 0 Å². The van der Waals surface area contributed by atoms with Crippen molar-refractivity contribution >= 4 is 17.6 Å². The van der Waals surface area contributed by atoms with Crippen molar-refractivity contribution < 1.29 is 9.53 Å². The van der Waals surface area contributed by atoms with Gasteiger partial charge in [0.15, 0.2) is 0 Å². The molecule has 0 heterocycles. The Labute approximate surface area is 83.6 Å². The zero-order valence-corrected chi connectivity index (χ0v) is 8.59. The average molecular weight is 203 g/mol. The van der Waals surface area contributed by atoms with Crippen LogP contribution in [0.1, 0.15) is 25.7 Å². The molecule has 0 aromatic rings. The van der Waals surface area contributed by atoms with E-state index in [4.69, 9.17) is 16.3 Å². The molecule has 2 fully saturated rings. The average Bonchev–Trinajstić information content (AvgIpc) is 2.39. The van der Waals surface area contributed by atoms with E-state index < -0.39 is 0 Å². The summed E-state index contributed by atoms with van der Waals surface area (Å²) >= 11 is 6.27. The van der Waals surface area contributed by atoms with E-state index in [2.05, 4.69) is 0 Å². The highest BCUT2D eigenvalue weighted by atomic mass is 35.5. The molecule has 13 heavy (non-hydrogen) atoms. The molecule has 2 aliphatic rings. The van der Waals surface area contributed by atoms with Crippen molar-refractivity contribution in [3.63, 3.8) is 0 Å². The molecule has 2 saturated carbocycles. The molecule has 0 spiro atoms. The van der Waals surface area contributed by atoms with Gasteiger partial charge in [-0.2, -0.15) is 0 Å².